The second kappa shape index (κ2) is 6.91. The smallest absolute Gasteiger partial charge is 0.297 e. The van der Waals surface area contributed by atoms with Crippen molar-refractivity contribution in [3.05, 3.63) is 53.6 Å². The summed E-state index contributed by atoms with van der Waals surface area (Å²) >= 11 is 0. The molecule has 1 aromatic heterocycles. The third kappa shape index (κ3) is 4.30. The Morgan fingerprint density at radius 3 is 2.64 bits per heavy atom. The molecular formula is C15H17F4N3. The number of nitrogens with zero attached hydrogens (tertiary/aromatic N) is 3. The fourth-order valence-corrected chi connectivity index (χ4v) is 2.14. The van der Waals surface area contributed by atoms with Gasteiger partial charge in [0.15, 0.2) is 0 Å². The summed E-state index contributed by atoms with van der Waals surface area (Å²) in [5.74, 6) is -0.620. The highest BCUT2D eigenvalue weighted by molar-refractivity contribution is 5.27. The lowest BCUT2D eigenvalue weighted by Gasteiger charge is -2.21. The number of benzene rings is 1. The van der Waals surface area contributed by atoms with Gasteiger partial charge >= 0.3 is 6.18 Å². The van der Waals surface area contributed by atoms with Crippen LogP contribution in [0.25, 0.3) is 0 Å². The summed E-state index contributed by atoms with van der Waals surface area (Å²) in [6.45, 7) is 3.80. The molecule has 0 saturated carbocycles. The van der Waals surface area contributed by atoms with E-state index in [9.17, 15) is 17.6 Å². The molecule has 0 N–H and O–H groups in total. The molecule has 0 spiro atoms. The maximum atomic E-state index is 13.8. The van der Waals surface area contributed by atoms with Crippen LogP contribution in [0.3, 0.4) is 0 Å². The number of halogens is 4. The van der Waals surface area contributed by atoms with E-state index in [-0.39, 0.29) is 12.1 Å². The van der Waals surface area contributed by atoms with E-state index >= 15 is 0 Å². The van der Waals surface area contributed by atoms with Gasteiger partial charge in [-0.2, -0.15) is 18.3 Å². The minimum absolute atomic E-state index is 0.0529. The van der Waals surface area contributed by atoms with Crippen LogP contribution < -0.4 is 0 Å². The van der Waals surface area contributed by atoms with Gasteiger partial charge in [-0.05, 0) is 30.8 Å². The molecule has 0 radical (unpaired) electrons. The number of hydrogen-bond donors (Lipinski definition) is 0. The van der Waals surface area contributed by atoms with E-state index in [4.69, 9.17) is 0 Å². The van der Waals surface area contributed by atoms with Crippen molar-refractivity contribution in [3.63, 3.8) is 0 Å². The van der Waals surface area contributed by atoms with Crippen molar-refractivity contribution in [1.29, 1.82) is 0 Å². The first-order valence-corrected chi connectivity index (χ1v) is 6.95. The van der Waals surface area contributed by atoms with Gasteiger partial charge in [-0.15, -0.1) is 0 Å². The Labute approximate surface area is 126 Å². The van der Waals surface area contributed by atoms with Crippen molar-refractivity contribution in [3.8, 4) is 0 Å². The molecule has 120 valence electrons. The lowest BCUT2D eigenvalue weighted by atomic mass is 10.1. The van der Waals surface area contributed by atoms with E-state index in [0.717, 1.165) is 18.2 Å². The predicted molar refractivity (Wildman–Crippen MR) is 74.6 cm³/mol. The molecule has 0 saturated heterocycles. The van der Waals surface area contributed by atoms with Crippen molar-refractivity contribution in [2.45, 2.75) is 26.2 Å². The molecule has 1 heterocycles. The van der Waals surface area contributed by atoms with E-state index in [1.807, 2.05) is 11.8 Å². The first-order valence-electron chi connectivity index (χ1n) is 6.95. The van der Waals surface area contributed by atoms with Gasteiger partial charge in [-0.1, -0.05) is 6.92 Å². The van der Waals surface area contributed by atoms with Crippen LogP contribution in [0.15, 0.2) is 36.7 Å². The molecule has 0 bridgehead atoms. The third-order valence-electron chi connectivity index (χ3n) is 3.42. The second-order valence-corrected chi connectivity index (χ2v) is 4.94. The highest BCUT2D eigenvalue weighted by atomic mass is 19.4. The van der Waals surface area contributed by atoms with Gasteiger partial charge in [-0.25, -0.2) is 4.39 Å². The first kappa shape index (κ1) is 16.5. The molecule has 0 fully saturated rings. The van der Waals surface area contributed by atoms with Gasteiger partial charge in [0.25, 0.3) is 0 Å². The standard InChI is InChI=1S/C15H17F4N3/c1-2-21(8-9-22-7-3-6-20-22)11-12-10-13(15(17,18)19)4-5-14(12)16/h3-7,10H,2,8-9,11H2,1H3. The van der Waals surface area contributed by atoms with Crippen molar-refractivity contribution in [2.24, 2.45) is 0 Å². The topological polar surface area (TPSA) is 21.1 Å². The van der Waals surface area contributed by atoms with Gasteiger partial charge in [0.05, 0.1) is 12.1 Å². The molecule has 2 rings (SSSR count). The van der Waals surface area contributed by atoms with Crippen molar-refractivity contribution in [1.82, 2.24) is 14.7 Å². The van der Waals surface area contributed by atoms with Crippen LogP contribution in [-0.4, -0.2) is 27.8 Å². The molecule has 2 aromatic rings. The summed E-state index contributed by atoms with van der Waals surface area (Å²) in [7, 11) is 0. The quantitative estimate of drug-likeness (QED) is 0.760. The minimum Gasteiger partial charge on any atom is -0.297 e. The van der Waals surface area contributed by atoms with Crippen LogP contribution in [0, 0.1) is 5.82 Å². The Morgan fingerprint density at radius 1 is 1.27 bits per heavy atom. The van der Waals surface area contributed by atoms with Crippen LogP contribution >= 0.6 is 0 Å². The van der Waals surface area contributed by atoms with E-state index < -0.39 is 17.6 Å². The monoisotopic (exact) mass is 315 g/mol. The lowest BCUT2D eigenvalue weighted by molar-refractivity contribution is -0.137. The number of rotatable bonds is 6. The predicted octanol–water partition coefficient (Wildman–Crippen LogP) is 3.56. The second-order valence-electron chi connectivity index (χ2n) is 4.94. The summed E-state index contributed by atoms with van der Waals surface area (Å²) in [6.07, 6.45) is -1.00. The van der Waals surface area contributed by atoms with E-state index in [1.54, 1.807) is 23.1 Å². The maximum absolute atomic E-state index is 13.8. The Bertz CT molecular complexity index is 593. The molecule has 0 amide bonds. The fourth-order valence-electron chi connectivity index (χ4n) is 2.14. The minimum atomic E-state index is -4.46. The molecule has 0 unspecified atom stereocenters. The average molecular weight is 315 g/mol. The van der Waals surface area contributed by atoms with E-state index in [1.165, 1.54) is 0 Å². The number of aromatic nitrogens is 2. The van der Waals surface area contributed by atoms with Crippen molar-refractivity contribution in [2.75, 3.05) is 13.1 Å². The molecule has 3 nitrogen and oxygen atoms in total. The summed E-state index contributed by atoms with van der Waals surface area (Å²) in [5, 5.41) is 4.06. The Kier molecular flexibility index (Phi) is 5.18. The fraction of sp³-hybridized carbons (Fsp3) is 0.400. The van der Waals surface area contributed by atoms with Gasteiger partial charge < -0.3 is 0 Å². The first-order chi connectivity index (χ1) is 10.4. The Hall–Kier alpha value is -1.89. The maximum Gasteiger partial charge on any atom is 0.416 e. The van der Waals surface area contributed by atoms with Crippen LogP contribution in [0.5, 0.6) is 0 Å². The highest BCUT2D eigenvalue weighted by Crippen LogP contribution is 2.30. The Balaban J connectivity index is 2.06. The summed E-state index contributed by atoms with van der Waals surface area (Å²) in [5.41, 5.74) is -0.774. The lowest BCUT2D eigenvalue weighted by Crippen LogP contribution is -2.27. The third-order valence-corrected chi connectivity index (χ3v) is 3.42. The largest absolute Gasteiger partial charge is 0.416 e. The summed E-state index contributed by atoms with van der Waals surface area (Å²) < 4.78 is 53.6. The molecule has 0 aliphatic carbocycles. The molecule has 0 aliphatic heterocycles. The molecule has 0 atom stereocenters. The zero-order chi connectivity index (χ0) is 16.2. The zero-order valence-corrected chi connectivity index (χ0v) is 12.1. The molecular weight excluding hydrogens is 298 g/mol. The van der Waals surface area contributed by atoms with Crippen LogP contribution in [0.1, 0.15) is 18.1 Å². The molecule has 22 heavy (non-hydrogen) atoms. The van der Waals surface area contributed by atoms with Crippen LogP contribution in [-0.2, 0) is 19.3 Å². The van der Waals surface area contributed by atoms with Crippen molar-refractivity contribution < 1.29 is 17.6 Å². The zero-order valence-electron chi connectivity index (χ0n) is 12.1. The number of likely N-dealkylation sites (N-methyl/N-ethyl adjacent to an activating group) is 1. The van der Waals surface area contributed by atoms with E-state index in [0.29, 0.717) is 19.6 Å². The normalized spacial score (nSPS) is 12.1. The van der Waals surface area contributed by atoms with Gasteiger partial charge in [-0.3, -0.25) is 9.58 Å². The van der Waals surface area contributed by atoms with Gasteiger partial charge in [0.2, 0.25) is 0 Å². The summed E-state index contributed by atoms with van der Waals surface area (Å²) in [6, 6.07) is 4.31. The number of alkyl halides is 3. The van der Waals surface area contributed by atoms with Crippen LogP contribution in [0.4, 0.5) is 17.6 Å². The van der Waals surface area contributed by atoms with Gasteiger partial charge in [0, 0.05) is 31.0 Å². The molecule has 7 heteroatoms. The average Bonchev–Trinajstić information content (AvgIpc) is 2.97. The molecule has 1 aromatic carbocycles. The number of hydrogen-bond acceptors (Lipinski definition) is 2. The highest BCUT2D eigenvalue weighted by Gasteiger charge is 2.31. The van der Waals surface area contributed by atoms with Gasteiger partial charge in [0.1, 0.15) is 5.82 Å². The molecule has 0 aliphatic rings. The van der Waals surface area contributed by atoms with E-state index in [2.05, 4.69) is 5.10 Å². The summed E-state index contributed by atoms with van der Waals surface area (Å²) in [4.78, 5) is 1.88. The van der Waals surface area contributed by atoms with Crippen LogP contribution in [0.2, 0.25) is 0 Å². The SMILES string of the molecule is CCN(CCn1cccn1)Cc1cc(C(F)(F)F)ccc1F. The van der Waals surface area contributed by atoms with Crippen molar-refractivity contribution >= 4 is 0 Å². The Morgan fingerprint density at radius 2 is 2.05 bits per heavy atom.